The third-order valence-electron chi connectivity index (χ3n) is 4.72. The number of hydrogen-bond acceptors (Lipinski definition) is 5. The normalized spacial score (nSPS) is 15.5. The smallest absolute Gasteiger partial charge is 0.211 e. The molecule has 6 nitrogen and oxygen atoms in total. The first-order valence-corrected chi connectivity index (χ1v) is 8.98. The molecule has 25 heavy (non-hydrogen) atoms. The van der Waals surface area contributed by atoms with E-state index in [1.54, 1.807) is 12.5 Å². The summed E-state index contributed by atoms with van der Waals surface area (Å²) in [4.78, 5) is 4.34. The summed E-state index contributed by atoms with van der Waals surface area (Å²) in [6.45, 7) is 1.68. The van der Waals surface area contributed by atoms with Crippen LogP contribution in [0.4, 0.5) is 0 Å². The summed E-state index contributed by atoms with van der Waals surface area (Å²) >= 11 is 0. The molecular weight excluding hydrogens is 314 g/mol. The minimum absolute atomic E-state index is 0.0103. The molecule has 0 bridgehead atoms. The van der Waals surface area contributed by atoms with Crippen LogP contribution in [0, 0.1) is 0 Å². The zero-order valence-electron chi connectivity index (χ0n) is 14.3. The highest BCUT2D eigenvalue weighted by Gasteiger charge is 2.19. The number of nitrogens with zero attached hydrogens (tertiary/aromatic N) is 4. The second-order valence-corrected chi connectivity index (χ2v) is 6.49. The predicted molar refractivity (Wildman–Crippen MR) is 93.8 cm³/mol. The van der Waals surface area contributed by atoms with Crippen LogP contribution in [-0.2, 0) is 25.9 Å². The number of aromatic nitrogens is 4. The summed E-state index contributed by atoms with van der Waals surface area (Å²) in [6.07, 6.45) is 8.84. The van der Waals surface area contributed by atoms with Crippen molar-refractivity contribution < 1.29 is 4.42 Å². The summed E-state index contributed by atoms with van der Waals surface area (Å²) in [6, 6.07) is 10.4. The second kappa shape index (κ2) is 7.61. The third kappa shape index (κ3) is 3.79. The van der Waals surface area contributed by atoms with E-state index < -0.39 is 0 Å². The van der Waals surface area contributed by atoms with Crippen molar-refractivity contribution >= 4 is 0 Å². The lowest BCUT2D eigenvalue weighted by Gasteiger charge is -2.16. The maximum absolute atomic E-state index is 5.55. The van der Waals surface area contributed by atoms with Crippen molar-refractivity contribution in [2.75, 3.05) is 0 Å². The molecule has 0 fully saturated rings. The van der Waals surface area contributed by atoms with Crippen molar-refractivity contribution in [2.45, 2.75) is 51.2 Å². The Morgan fingerprint density at radius 1 is 1.12 bits per heavy atom. The lowest BCUT2D eigenvalue weighted by atomic mass is 10.1. The Balaban J connectivity index is 1.49. The van der Waals surface area contributed by atoms with Gasteiger partial charge in [-0.15, -0.1) is 10.2 Å². The van der Waals surface area contributed by atoms with E-state index in [4.69, 9.17) is 4.42 Å². The molecule has 0 saturated heterocycles. The molecule has 0 saturated carbocycles. The van der Waals surface area contributed by atoms with Gasteiger partial charge < -0.3 is 8.98 Å². The van der Waals surface area contributed by atoms with Gasteiger partial charge in [-0.2, -0.15) is 0 Å². The van der Waals surface area contributed by atoms with Crippen molar-refractivity contribution in [3.63, 3.8) is 0 Å². The summed E-state index contributed by atoms with van der Waals surface area (Å²) in [5.41, 5.74) is 1.25. The fraction of sp³-hybridized carbons (Fsp3) is 0.421. The molecule has 1 N–H and O–H groups in total. The van der Waals surface area contributed by atoms with Gasteiger partial charge in [-0.3, -0.25) is 5.32 Å². The van der Waals surface area contributed by atoms with Crippen LogP contribution in [0.5, 0.6) is 0 Å². The van der Waals surface area contributed by atoms with Crippen LogP contribution in [0.3, 0.4) is 0 Å². The van der Waals surface area contributed by atoms with Crippen LogP contribution in [-0.4, -0.2) is 19.7 Å². The average molecular weight is 337 g/mol. The molecule has 0 spiro atoms. The molecule has 2 aromatic heterocycles. The van der Waals surface area contributed by atoms with Gasteiger partial charge in [0.15, 0.2) is 0 Å². The van der Waals surface area contributed by atoms with E-state index >= 15 is 0 Å². The summed E-state index contributed by atoms with van der Waals surface area (Å²) < 4.78 is 7.83. The van der Waals surface area contributed by atoms with Gasteiger partial charge in [0.05, 0.1) is 18.8 Å². The number of oxazole rings is 1. The molecule has 0 radical (unpaired) electrons. The van der Waals surface area contributed by atoms with Gasteiger partial charge in [-0.1, -0.05) is 36.8 Å². The number of nitrogens with one attached hydrogen (secondary N) is 1. The second-order valence-electron chi connectivity index (χ2n) is 6.49. The molecule has 3 aromatic rings. The van der Waals surface area contributed by atoms with Crippen LogP contribution in [0.1, 0.15) is 48.4 Å². The number of fused-ring (bicyclic) bond motifs is 1. The quantitative estimate of drug-likeness (QED) is 0.749. The maximum atomic E-state index is 5.55. The number of rotatable bonds is 6. The zero-order valence-corrected chi connectivity index (χ0v) is 14.3. The fourth-order valence-electron chi connectivity index (χ4n) is 3.39. The summed E-state index contributed by atoms with van der Waals surface area (Å²) in [7, 11) is 0. The highest BCUT2D eigenvalue weighted by Crippen LogP contribution is 2.19. The number of benzene rings is 1. The summed E-state index contributed by atoms with van der Waals surface area (Å²) in [5.74, 6) is 2.83. The van der Waals surface area contributed by atoms with Crippen molar-refractivity contribution in [1.82, 2.24) is 25.1 Å². The van der Waals surface area contributed by atoms with E-state index in [9.17, 15) is 0 Å². The van der Waals surface area contributed by atoms with Gasteiger partial charge in [0, 0.05) is 13.0 Å². The Morgan fingerprint density at radius 2 is 2.04 bits per heavy atom. The van der Waals surface area contributed by atoms with Crippen molar-refractivity contribution in [1.29, 1.82) is 0 Å². The molecule has 1 atom stereocenters. The molecule has 1 aliphatic heterocycles. The van der Waals surface area contributed by atoms with Gasteiger partial charge in [-0.25, -0.2) is 4.98 Å². The molecule has 0 amide bonds. The molecular formula is C19H23N5O. The van der Waals surface area contributed by atoms with E-state index in [1.807, 2.05) is 6.07 Å². The van der Waals surface area contributed by atoms with Crippen LogP contribution in [0.15, 0.2) is 47.2 Å². The highest BCUT2D eigenvalue weighted by atomic mass is 16.3. The third-order valence-corrected chi connectivity index (χ3v) is 4.72. The Kier molecular flexibility index (Phi) is 4.88. The molecule has 130 valence electrons. The average Bonchev–Trinajstić information content (AvgIpc) is 3.25. The number of aryl methyl sites for hydroxylation is 1. The topological polar surface area (TPSA) is 68.8 Å². The molecule has 0 aliphatic carbocycles. The Hall–Kier alpha value is -2.47. The largest absolute Gasteiger partial charge is 0.447 e. The van der Waals surface area contributed by atoms with E-state index in [1.165, 1.54) is 24.8 Å². The molecule has 3 heterocycles. The molecule has 1 aliphatic rings. The molecule has 1 unspecified atom stereocenters. The first-order valence-electron chi connectivity index (χ1n) is 8.98. The van der Waals surface area contributed by atoms with E-state index in [2.05, 4.69) is 49.3 Å². The Morgan fingerprint density at radius 3 is 2.88 bits per heavy atom. The van der Waals surface area contributed by atoms with Gasteiger partial charge in [0.2, 0.25) is 5.89 Å². The van der Waals surface area contributed by atoms with Gasteiger partial charge in [-0.05, 0) is 24.8 Å². The van der Waals surface area contributed by atoms with Crippen LogP contribution in [0.2, 0.25) is 0 Å². The van der Waals surface area contributed by atoms with Crippen LogP contribution >= 0.6 is 0 Å². The van der Waals surface area contributed by atoms with Gasteiger partial charge in [0.25, 0.3) is 0 Å². The van der Waals surface area contributed by atoms with Crippen molar-refractivity contribution in [3.8, 4) is 0 Å². The fourth-order valence-corrected chi connectivity index (χ4v) is 3.39. The van der Waals surface area contributed by atoms with Crippen LogP contribution in [0.25, 0.3) is 0 Å². The maximum Gasteiger partial charge on any atom is 0.211 e. The first kappa shape index (κ1) is 16.0. The molecule has 6 heteroatoms. The minimum Gasteiger partial charge on any atom is -0.447 e. The number of hydrogen-bond donors (Lipinski definition) is 1. The highest BCUT2D eigenvalue weighted by molar-refractivity contribution is 5.17. The first-order chi connectivity index (χ1) is 12.4. The Bertz CT molecular complexity index is 782. The van der Waals surface area contributed by atoms with Gasteiger partial charge >= 0.3 is 0 Å². The predicted octanol–water partition coefficient (Wildman–Crippen LogP) is 3.07. The summed E-state index contributed by atoms with van der Waals surface area (Å²) in [5, 5.41) is 12.3. The van der Waals surface area contributed by atoms with E-state index in [0.717, 1.165) is 31.0 Å². The van der Waals surface area contributed by atoms with Crippen molar-refractivity contribution in [3.05, 3.63) is 65.9 Å². The lowest BCUT2D eigenvalue weighted by Crippen LogP contribution is -2.25. The standard InChI is InChI=1S/C19H23N5O/c1-3-7-15(8-4-1)13-16(19-20-10-12-25-19)21-14-18-23-22-17-9-5-2-6-11-24(17)18/h1,3-4,7-8,10,12,16,21H,2,5-6,9,11,13-14H2. The van der Waals surface area contributed by atoms with E-state index in [-0.39, 0.29) is 6.04 Å². The van der Waals surface area contributed by atoms with E-state index in [0.29, 0.717) is 12.4 Å². The molecule has 1 aromatic carbocycles. The molecule has 4 rings (SSSR count). The van der Waals surface area contributed by atoms with Gasteiger partial charge in [0.1, 0.15) is 17.9 Å². The zero-order chi connectivity index (χ0) is 16.9. The Labute approximate surface area is 147 Å². The lowest BCUT2D eigenvalue weighted by molar-refractivity contribution is 0.388. The minimum atomic E-state index is 0.0103. The van der Waals surface area contributed by atoms with Crippen molar-refractivity contribution in [2.24, 2.45) is 0 Å². The van der Waals surface area contributed by atoms with Crippen LogP contribution < -0.4 is 5.32 Å². The monoisotopic (exact) mass is 337 g/mol. The SMILES string of the molecule is c1ccc(CC(NCc2nnc3n2CCCCC3)c2ncco2)cc1.